The Labute approximate surface area is 183 Å². The molecule has 1 aliphatic carbocycles. The number of pyridine rings is 1. The van der Waals surface area contributed by atoms with E-state index in [1.807, 2.05) is 30.5 Å². The first-order chi connectivity index (χ1) is 15.4. The van der Waals surface area contributed by atoms with Gasteiger partial charge in [0.25, 0.3) is 0 Å². The molecule has 6 rings (SSSR count). The first-order valence-corrected chi connectivity index (χ1v) is 11.0. The third-order valence-electron chi connectivity index (χ3n) is 5.53. The smallest absolute Gasteiger partial charge is 0.192 e. The Morgan fingerprint density at radius 1 is 0.839 bits per heavy atom. The molecule has 2 aromatic carbocycles. The van der Waals surface area contributed by atoms with Crippen LogP contribution in [0.2, 0.25) is 0 Å². The van der Waals surface area contributed by atoms with E-state index < -0.39 is 0 Å². The van der Waals surface area contributed by atoms with Crippen molar-refractivity contribution in [2.75, 3.05) is 0 Å². The second kappa shape index (κ2) is 7.56. The van der Waals surface area contributed by atoms with Gasteiger partial charge in [-0.3, -0.25) is 9.55 Å². The van der Waals surface area contributed by atoms with Crippen LogP contribution in [0, 0.1) is 0 Å². The summed E-state index contributed by atoms with van der Waals surface area (Å²) in [5.41, 5.74) is 6.13. The molecule has 5 aromatic rings. The molecule has 6 heteroatoms. The first kappa shape index (κ1) is 18.2. The summed E-state index contributed by atoms with van der Waals surface area (Å²) in [4.78, 5) is 4.26. The highest BCUT2D eigenvalue weighted by Gasteiger charge is 2.31. The molecule has 0 unspecified atom stereocenters. The van der Waals surface area contributed by atoms with Gasteiger partial charge in [0.05, 0.1) is 18.1 Å². The lowest BCUT2D eigenvalue weighted by molar-refractivity contribution is 0.485. The average molecular weight is 423 g/mol. The van der Waals surface area contributed by atoms with Gasteiger partial charge in [-0.1, -0.05) is 60.3 Å². The summed E-state index contributed by atoms with van der Waals surface area (Å²) in [7, 11) is 0. The predicted molar refractivity (Wildman–Crippen MR) is 121 cm³/mol. The van der Waals surface area contributed by atoms with Crippen molar-refractivity contribution in [3.63, 3.8) is 0 Å². The lowest BCUT2D eigenvalue weighted by Gasteiger charge is -2.14. The van der Waals surface area contributed by atoms with Gasteiger partial charge < -0.3 is 4.42 Å². The van der Waals surface area contributed by atoms with Gasteiger partial charge in [0, 0.05) is 18.0 Å². The summed E-state index contributed by atoms with van der Waals surface area (Å²) in [6.07, 6.45) is 5.27. The number of aromatic nitrogens is 4. The Morgan fingerprint density at radius 3 is 2.29 bits per heavy atom. The van der Waals surface area contributed by atoms with Crippen LogP contribution in [-0.4, -0.2) is 19.7 Å². The van der Waals surface area contributed by atoms with Gasteiger partial charge in [-0.2, -0.15) is 0 Å². The van der Waals surface area contributed by atoms with Gasteiger partial charge in [-0.15, -0.1) is 10.2 Å². The van der Waals surface area contributed by atoms with Gasteiger partial charge in [0.2, 0.25) is 0 Å². The molecule has 0 aliphatic heterocycles. The van der Waals surface area contributed by atoms with Crippen LogP contribution in [-0.2, 0) is 6.54 Å². The maximum atomic E-state index is 5.63. The molecule has 150 valence electrons. The van der Waals surface area contributed by atoms with Crippen LogP contribution in [0.4, 0.5) is 0 Å². The van der Waals surface area contributed by atoms with Crippen molar-refractivity contribution in [2.45, 2.75) is 17.0 Å². The van der Waals surface area contributed by atoms with Crippen LogP contribution >= 0.6 is 11.8 Å². The minimum absolute atomic E-state index is 0.161. The zero-order valence-corrected chi connectivity index (χ0v) is 17.4. The molecule has 0 N–H and O–H groups in total. The van der Waals surface area contributed by atoms with Gasteiger partial charge in [-0.05, 0) is 46.5 Å². The van der Waals surface area contributed by atoms with E-state index in [1.165, 1.54) is 22.3 Å². The van der Waals surface area contributed by atoms with Crippen molar-refractivity contribution >= 4 is 11.8 Å². The summed E-state index contributed by atoms with van der Waals surface area (Å²) < 4.78 is 7.75. The van der Waals surface area contributed by atoms with Gasteiger partial charge in [0.15, 0.2) is 11.0 Å². The Morgan fingerprint density at radius 2 is 1.61 bits per heavy atom. The Kier molecular flexibility index (Phi) is 4.43. The normalized spacial score (nSPS) is 12.6. The molecular weight excluding hydrogens is 404 g/mol. The molecule has 3 aromatic heterocycles. The number of hydrogen-bond acceptors (Lipinski definition) is 5. The summed E-state index contributed by atoms with van der Waals surface area (Å²) in [5, 5.41) is 10.1. The highest BCUT2D eigenvalue weighted by atomic mass is 32.2. The monoisotopic (exact) mass is 422 g/mol. The second-order valence-corrected chi connectivity index (χ2v) is 8.46. The van der Waals surface area contributed by atoms with Crippen molar-refractivity contribution in [3.8, 4) is 22.5 Å². The zero-order valence-electron chi connectivity index (χ0n) is 16.6. The van der Waals surface area contributed by atoms with E-state index in [-0.39, 0.29) is 5.25 Å². The number of fused-ring (bicyclic) bond motifs is 3. The van der Waals surface area contributed by atoms with Crippen molar-refractivity contribution in [2.24, 2.45) is 0 Å². The largest absolute Gasteiger partial charge is 0.467 e. The van der Waals surface area contributed by atoms with E-state index in [0.29, 0.717) is 6.54 Å². The SMILES string of the molecule is c1cncc(-c2nnc(SC3c4ccccc4-c4ccccc43)n2Cc2ccco2)c1. The zero-order chi connectivity index (χ0) is 20.6. The standard InChI is InChI=1S/C25H18N4OS/c1-3-11-21-19(9-1)20-10-2-4-12-22(20)23(21)31-25-28-27-24(17-7-5-13-26-15-17)29(25)16-18-8-6-14-30-18/h1-15,23H,16H2. The summed E-state index contributed by atoms with van der Waals surface area (Å²) in [6.45, 7) is 0.558. The third kappa shape index (κ3) is 3.16. The molecule has 31 heavy (non-hydrogen) atoms. The Balaban J connectivity index is 1.45. The van der Waals surface area contributed by atoms with Crippen LogP contribution in [0.1, 0.15) is 22.1 Å². The van der Waals surface area contributed by atoms with Gasteiger partial charge >= 0.3 is 0 Å². The second-order valence-electron chi connectivity index (χ2n) is 7.39. The molecule has 0 saturated carbocycles. The number of benzene rings is 2. The fourth-order valence-corrected chi connectivity index (χ4v) is 5.37. The van der Waals surface area contributed by atoms with E-state index in [2.05, 4.69) is 68.3 Å². The lowest BCUT2D eigenvalue weighted by atomic mass is 10.1. The fraction of sp³-hybridized carbons (Fsp3) is 0.0800. The maximum absolute atomic E-state index is 5.63. The fourth-order valence-electron chi connectivity index (χ4n) is 4.13. The van der Waals surface area contributed by atoms with E-state index in [4.69, 9.17) is 4.42 Å². The number of hydrogen-bond donors (Lipinski definition) is 0. The van der Waals surface area contributed by atoms with Crippen molar-refractivity contribution in [1.29, 1.82) is 0 Å². The summed E-state index contributed by atoms with van der Waals surface area (Å²) >= 11 is 1.73. The predicted octanol–water partition coefficient (Wildman–Crippen LogP) is 5.84. The topological polar surface area (TPSA) is 56.7 Å². The molecule has 0 spiro atoms. The van der Waals surface area contributed by atoms with E-state index in [1.54, 1.807) is 24.2 Å². The van der Waals surface area contributed by atoms with Crippen LogP contribution in [0.3, 0.4) is 0 Å². The van der Waals surface area contributed by atoms with Gasteiger partial charge in [-0.25, -0.2) is 0 Å². The van der Waals surface area contributed by atoms with Crippen LogP contribution in [0.25, 0.3) is 22.5 Å². The number of thioether (sulfide) groups is 1. The summed E-state index contributed by atoms with van der Waals surface area (Å²) in [6, 6.07) is 25.0. The summed E-state index contributed by atoms with van der Waals surface area (Å²) in [5.74, 6) is 1.64. The maximum Gasteiger partial charge on any atom is 0.192 e. The Bertz CT molecular complexity index is 1300. The number of rotatable bonds is 5. The molecule has 0 fully saturated rings. The highest BCUT2D eigenvalue weighted by molar-refractivity contribution is 7.99. The quantitative estimate of drug-likeness (QED) is 0.356. The lowest BCUT2D eigenvalue weighted by Crippen LogP contribution is -2.05. The van der Waals surface area contributed by atoms with Crippen molar-refractivity contribution < 1.29 is 4.42 Å². The van der Waals surface area contributed by atoms with Crippen molar-refractivity contribution in [1.82, 2.24) is 19.7 Å². The molecular formula is C25H18N4OS. The first-order valence-electron chi connectivity index (χ1n) is 10.1. The van der Waals surface area contributed by atoms with E-state index in [0.717, 1.165) is 22.3 Å². The van der Waals surface area contributed by atoms with Crippen LogP contribution in [0.15, 0.2) is 101 Å². The molecule has 0 radical (unpaired) electrons. The number of furan rings is 1. The van der Waals surface area contributed by atoms with Gasteiger partial charge in [0.1, 0.15) is 5.76 Å². The minimum Gasteiger partial charge on any atom is -0.467 e. The van der Waals surface area contributed by atoms with Crippen LogP contribution < -0.4 is 0 Å². The highest BCUT2D eigenvalue weighted by Crippen LogP contribution is 2.52. The molecule has 1 aliphatic rings. The van der Waals surface area contributed by atoms with Crippen LogP contribution in [0.5, 0.6) is 0 Å². The molecule has 0 saturated heterocycles. The molecule has 0 atom stereocenters. The van der Waals surface area contributed by atoms with E-state index >= 15 is 0 Å². The number of nitrogens with zero attached hydrogens (tertiary/aromatic N) is 4. The minimum atomic E-state index is 0.161. The average Bonchev–Trinajstić information content (AvgIpc) is 3.55. The molecule has 0 bridgehead atoms. The molecule has 0 amide bonds. The van der Waals surface area contributed by atoms with Crippen molar-refractivity contribution in [3.05, 3.63) is 108 Å². The third-order valence-corrected chi connectivity index (χ3v) is 6.79. The molecule has 3 heterocycles. The molecule has 5 nitrogen and oxygen atoms in total. The Hall–Kier alpha value is -3.64. The van der Waals surface area contributed by atoms with E-state index in [9.17, 15) is 0 Å².